The van der Waals surface area contributed by atoms with Gasteiger partial charge in [-0.25, -0.2) is 4.39 Å². The second kappa shape index (κ2) is 5.87. The second-order valence-corrected chi connectivity index (χ2v) is 4.00. The van der Waals surface area contributed by atoms with Crippen LogP contribution >= 0.6 is 0 Å². The van der Waals surface area contributed by atoms with E-state index in [4.69, 9.17) is 0 Å². The number of nitro benzene ring substituents is 1. The zero-order valence-electron chi connectivity index (χ0n) is 10.2. The second-order valence-electron chi connectivity index (χ2n) is 4.00. The fourth-order valence-corrected chi connectivity index (χ4v) is 1.65. The van der Waals surface area contributed by atoms with Crippen LogP contribution in [0.5, 0.6) is 0 Å². The van der Waals surface area contributed by atoms with Crippen LogP contribution in [0, 0.1) is 15.9 Å². The third kappa shape index (κ3) is 3.35. The average Bonchev–Trinajstić information content (AvgIpc) is 2.39. The van der Waals surface area contributed by atoms with E-state index in [1.807, 2.05) is 0 Å². The zero-order valence-corrected chi connectivity index (χ0v) is 10.2. The molecule has 2 aromatic rings. The Morgan fingerprint density at radius 2 is 2.00 bits per heavy atom. The van der Waals surface area contributed by atoms with E-state index in [1.54, 1.807) is 12.1 Å². The van der Waals surface area contributed by atoms with Crippen molar-refractivity contribution < 1.29 is 14.1 Å². The summed E-state index contributed by atoms with van der Waals surface area (Å²) < 4.78 is 13.1. The first-order chi connectivity index (χ1) is 9.56. The van der Waals surface area contributed by atoms with E-state index >= 15 is 0 Å². The highest BCUT2D eigenvalue weighted by molar-refractivity contribution is 5.94. The maximum Gasteiger partial charge on any atom is 0.292 e. The number of halogens is 1. The molecule has 2 rings (SSSR count). The lowest BCUT2D eigenvalue weighted by Crippen LogP contribution is -2.15. The molecule has 0 bridgehead atoms. The molecular formula is C13H10FN3O3. The minimum absolute atomic E-state index is 0.0240. The summed E-state index contributed by atoms with van der Waals surface area (Å²) in [7, 11) is 0. The van der Waals surface area contributed by atoms with Crippen molar-refractivity contribution in [2.45, 2.75) is 6.42 Å². The average molecular weight is 275 g/mol. The predicted molar refractivity (Wildman–Crippen MR) is 69.6 cm³/mol. The SMILES string of the molecule is O=C(Cc1ccncc1)Nc1cc(F)ccc1[N+](=O)[O-]. The predicted octanol–water partition coefficient (Wildman–Crippen LogP) is 2.31. The summed E-state index contributed by atoms with van der Waals surface area (Å²) in [6.07, 6.45) is 3.09. The molecule has 0 unspecified atom stereocenters. The van der Waals surface area contributed by atoms with Crippen LogP contribution in [-0.2, 0) is 11.2 Å². The largest absolute Gasteiger partial charge is 0.320 e. The fraction of sp³-hybridized carbons (Fsp3) is 0.0769. The number of anilines is 1. The molecule has 20 heavy (non-hydrogen) atoms. The van der Waals surface area contributed by atoms with Gasteiger partial charge in [0.25, 0.3) is 5.69 Å². The van der Waals surface area contributed by atoms with Crippen molar-refractivity contribution >= 4 is 17.3 Å². The summed E-state index contributed by atoms with van der Waals surface area (Å²) in [5.74, 6) is -1.13. The third-order valence-corrected chi connectivity index (χ3v) is 2.54. The topological polar surface area (TPSA) is 85.1 Å². The molecule has 1 heterocycles. The minimum atomic E-state index is -0.679. The number of carbonyl (C=O) groups excluding carboxylic acids is 1. The van der Waals surface area contributed by atoms with Gasteiger partial charge in [0.1, 0.15) is 11.5 Å². The van der Waals surface area contributed by atoms with Crippen LogP contribution in [0.15, 0.2) is 42.7 Å². The van der Waals surface area contributed by atoms with E-state index in [2.05, 4.69) is 10.3 Å². The Hall–Kier alpha value is -2.83. The molecule has 0 saturated heterocycles. The number of hydrogen-bond acceptors (Lipinski definition) is 4. The molecule has 0 radical (unpaired) electrons. The molecule has 0 saturated carbocycles. The van der Waals surface area contributed by atoms with E-state index in [1.165, 1.54) is 12.4 Å². The van der Waals surface area contributed by atoms with Gasteiger partial charge in [-0.2, -0.15) is 0 Å². The van der Waals surface area contributed by atoms with Crippen molar-refractivity contribution in [2.75, 3.05) is 5.32 Å². The van der Waals surface area contributed by atoms with Crippen LogP contribution in [0.2, 0.25) is 0 Å². The van der Waals surface area contributed by atoms with Crippen molar-refractivity contribution in [3.63, 3.8) is 0 Å². The molecule has 0 aliphatic rings. The number of carbonyl (C=O) groups is 1. The number of rotatable bonds is 4. The molecule has 0 aliphatic heterocycles. The lowest BCUT2D eigenvalue weighted by molar-refractivity contribution is -0.384. The van der Waals surface area contributed by atoms with Crippen molar-refractivity contribution in [3.05, 3.63) is 64.2 Å². The fourth-order valence-electron chi connectivity index (χ4n) is 1.65. The number of nitrogens with zero attached hydrogens (tertiary/aromatic N) is 2. The van der Waals surface area contributed by atoms with Crippen molar-refractivity contribution in [1.29, 1.82) is 0 Å². The van der Waals surface area contributed by atoms with Crippen LogP contribution in [0.4, 0.5) is 15.8 Å². The summed E-state index contributed by atoms with van der Waals surface area (Å²) in [5, 5.41) is 13.1. The molecule has 7 heteroatoms. The molecular weight excluding hydrogens is 265 g/mol. The Morgan fingerprint density at radius 1 is 1.30 bits per heavy atom. The molecule has 0 spiro atoms. The number of nitro groups is 1. The molecule has 1 N–H and O–H groups in total. The lowest BCUT2D eigenvalue weighted by atomic mass is 10.2. The van der Waals surface area contributed by atoms with Gasteiger partial charge >= 0.3 is 0 Å². The van der Waals surface area contributed by atoms with Crippen LogP contribution < -0.4 is 5.32 Å². The highest BCUT2D eigenvalue weighted by Crippen LogP contribution is 2.25. The van der Waals surface area contributed by atoms with Crippen molar-refractivity contribution in [1.82, 2.24) is 4.98 Å². The number of hydrogen-bond donors (Lipinski definition) is 1. The van der Waals surface area contributed by atoms with Gasteiger partial charge in [0, 0.05) is 24.5 Å². The summed E-state index contributed by atoms with van der Waals surface area (Å²) >= 11 is 0. The Kier molecular flexibility index (Phi) is 3.99. The summed E-state index contributed by atoms with van der Waals surface area (Å²) in [4.78, 5) is 25.7. The Morgan fingerprint density at radius 3 is 2.65 bits per heavy atom. The first kappa shape index (κ1) is 13.6. The number of benzene rings is 1. The van der Waals surface area contributed by atoms with E-state index in [0.29, 0.717) is 5.56 Å². The number of aromatic nitrogens is 1. The van der Waals surface area contributed by atoms with E-state index in [9.17, 15) is 19.3 Å². The standard InChI is InChI=1S/C13H10FN3O3/c14-10-1-2-12(17(19)20)11(8-10)16-13(18)7-9-3-5-15-6-4-9/h1-6,8H,7H2,(H,16,18). The highest BCUT2D eigenvalue weighted by atomic mass is 19.1. The van der Waals surface area contributed by atoms with Crippen molar-refractivity contribution in [2.24, 2.45) is 0 Å². The van der Waals surface area contributed by atoms with Crippen LogP contribution in [0.3, 0.4) is 0 Å². The first-order valence-electron chi connectivity index (χ1n) is 5.69. The minimum Gasteiger partial charge on any atom is -0.320 e. The Balaban J connectivity index is 2.15. The molecule has 1 amide bonds. The van der Waals surface area contributed by atoms with E-state index < -0.39 is 16.6 Å². The van der Waals surface area contributed by atoms with Crippen LogP contribution in [-0.4, -0.2) is 15.8 Å². The monoisotopic (exact) mass is 275 g/mol. The molecule has 0 atom stereocenters. The lowest BCUT2D eigenvalue weighted by Gasteiger charge is -2.06. The van der Waals surface area contributed by atoms with E-state index in [-0.39, 0.29) is 17.8 Å². The quantitative estimate of drug-likeness (QED) is 0.685. The Bertz CT molecular complexity index is 647. The maximum atomic E-state index is 13.1. The smallest absolute Gasteiger partial charge is 0.292 e. The van der Waals surface area contributed by atoms with Crippen LogP contribution in [0.25, 0.3) is 0 Å². The molecule has 0 fully saturated rings. The molecule has 6 nitrogen and oxygen atoms in total. The summed E-state index contributed by atoms with van der Waals surface area (Å²) in [6.45, 7) is 0. The van der Waals surface area contributed by atoms with Gasteiger partial charge in [-0.1, -0.05) is 0 Å². The number of pyridine rings is 1. The Labute approximate surface area is 113 Å². The molecule has 1 aromatic carbocycles. The summed E-state index contributed by atoms with van der Waals surface area (Å²) in [6, 6.07) is 6.20. The van der Waals surface area contributed by atoms with Gasteiger partial charge in [-0.15, -0.1) is 0 Å². The molecule has 0 aliphatic carbocycles. The van der Waals surface area contributed by atoms with Gasteiger partial charge in [-0.05, 0) is 23.8 Å². The molecule has 1 aromatic heterocycles. The van der Waals surface area contributed by atoms with Gasteiger partial charge in [0.05, 0.1) is 11.3 Å². The van der Waals surface area contributed by atoms with E-state index in [0.717, 1.165) is 18.2 Å². The third-order valence-electron chi connectivity index (χ3n) is 2.54. The van der Waals surface area contributed by atoms with Gasteiger partial charge in [0.2, 0.25) is 5.91 Å². The highest BCUT2D eigenvalue weighted by Gasteiger charge is 2.16. The zero-order chi connectivity index (χ0) is 14.5. The van der Waals surface area contributed by atoms with Crippen LogP contribution in [0.1, 0.15) is 5.56 Å². The number of nitrogens with one attached hydrogen (secondary N) is 1. The molecule has 102 valence electrons. The van der Waals surface area contributed by atoms with Crippen molar-refractivity contribution in [3.8, 4) is 0 Å². The van der Waals surface area contributed by atoms with Gasteiger partial charge < -0.3 is 5.32 Å². The summed E-state index contributed by atoms with van der Waals surface area (Å²) in [5.41, 5.74) is 0.195. The van der Waals surface area contributed by atoms with Gasteiger partial charge in [-0.3, -0.25) is 19.9 Å². The normalized spacial score (nSPS) is 10.1. The maximum absolute atomic E-state index is 13.1. The first-order valence-corrected chi connectivity index (χ1v) is 5.69. The van der Waals surface area contributed by atoms with Gasteiger partial charge in [0.15, 0.2) is 0 Å². The number of amides is 1.